The van der Waals surface area contributed by atoms with E-state index < -0.39 is 90.3 Å². The maximum atomic E-state index is 12.1. The average molecular weight is 464 g/mol. The normalized spacial score (nSPS) is 43.5. The molecule has 2 aliphatic rings. The molecule has 0 aromatic rings. The fourth-order valence-electron chi connectivity index (χ4n) is 3.22. The second-order valence-corrected chi connectivity index (χ2v) is 7.87. The van der Waals surface area contributed by atoms with Crippen LogP contribution in [0.25, 0.3) is 0 Å². The number of rotatable bonds is 8. The molecule has 8 N–H and O–H groups in total. The third kappa shape index (κ3) is 4.80. The van der Waals surface area contributed by atoms with Gasteiger partial charge in [-0.1, -0.05) is 0 Å². The van der Waals surface area contributed by atoms with Crippen LogP contribution in [-0.4, -0.2) is 129 Å². The number of aliphatic hydroxyl groups is 7. The lowest BCUT2D eigenvalue weighted by molar-refractivity contribution is -0.389. The Morgan fingerprint density at radius 2 is 1.57 bits per heavy atom. The summed E-state index contributed by atoms with van der Waals surface area (Å²) < 4.78 is 51.2. The molecule has 0 radical (unpaired) electrons. The van der Waals surface area contributed by atoms with Crippen LogP contribution in [-0.2, 0) is 33.6 Å². The third-order valence-corrected chi connectivity index (χ3v) is 5.17. The highest BCUT2D eigenvalue weighted by molar-refractivity contribution is 7.80. The molecule has 0 aromatic heterocycles. The van der Waals surface area contributed by atoms with Crippen molar-refractivity contribution in [3.63, 3.8) is 0 Å². The summed E-state index contributed by atoms with van der Waals surface area (Å²) in [4.78, 5) is 12.1. The van der Waals surface area contributed by atoms with Crippen LogP contribution in [0.15, 0.2) is 0 Å². The van der Waals surface area contributed by atoms with E-state index >= 15 is 0 Å². The van der Waals surface area contributed by atoms with Crippen LogP contribution in [0.4, 0.5) is 0 Å². The summed E-state index contributed by atoms with van der Waals surface area (Å²) in [6, 6.07) is 0. The molecule has 1 unspecified atom stereocenters. The molecule has 0 bridgehead atoms. The van der Waals surface area contributed by atoms with Crippen LogP contribution < -0.4 is 0 Å². The van der Waals surface area contributed by atoms with Crippen molar-refractivity contribution >= 4 is 16.2 Å². The molecule has 2 saturated heterocycles. The Labute approximate surface area is 169 Å². The summed E-state index contributed by atoms with van der Waals surface area (Å²) in [6.45, 7) is -1.07. The van der Waals surface area contributed by atoms with Crippen molar-refractivity contribution in [1.82, 2.24) is 0 Å². The minimum Gasteiger partial charge on any atom is -0.394 e. The highest BCUT2D eigenvalue weighted by Crippen LogP contribution is 2.40. The second-order valence-electron chi connectivity index (χ2n) is 6.83. The van der Waals surface area contributed by atoms with Gasteiger partial charge in [0, 0.05) is 0 Å². The van der Waals surface area contributed by atoms with Gasteiger partial charge < -0.3 is 50.0 Å². The maximum absolute atomic E-state index is 12.1. The van der Waals surface area contributed by atoms with Gasteiger partial charge in [-0.3, -0.25) is 9.35 Å². The summed E-state index contributed by atoms with van der Waals surface area (Å²) in [5, 5.41) is 69.0. The van der Waals surface area contributed by atoms with E-state index in [9.17, 15) is 49.0 Å². The summed E-state index contributed by atoms with van der Waals surface area (Å²) in [7, 11) is -5.37. The predicted molar refractivity (Wildman–Crippen MR) is 88.7 cm³/mol. The highest BCUT2D eigenvalue weighted by Gasteiger charge is 2.64. The van der Waals surface area contributed by atoms with Crippen LogP contribution in [0.3, 0.4) is 0 Å². The average Bonchev–Trinajstić information content (AvgIpc) is 2.91. The number of aliphatic hydroxyl groups excluding tert-OH is 7. The number of ether oxygens (including phenoxy) is 3. The van der Waals surface area contributed by atoms with Gasteiger partial charge in [0.1, 0.15) is 42.7 Å². The van der Waals surface area contributed by atoms with E-state index in [2.05, 4.69) is 4.18 Å². The molecular formula is C14H24O15S. The first-order chi connectivity index (χ1) is 13.8. The number of carbonyl (C=O) groups excluding carboxylic acids is 1. The van der Waals surface area contributed by atoms with Crippen LogP contribution in [0.2, 0.25) is 0 Å². The zero-order chi connectivity index (χ0) is 23.0. The van der Waals surface area contributed by atoms with Crippen LogP contribution in [0.5, 0.6) is 0 Å². The predicted octanol–water partition coefficient (Wildman–Crippen LogP) is -5.61. The molecule has 176 valence electrons. The summed E-state index contributed by atoms with van der Waals surface area (Å²) in [5.41, 5.74) is 0. The van der Waals surface area contributed by atoms with E-state index in [1.54, 1.807) is 0 Å². The quantitative estimate of drug-likeness (QED) is 0.156. The van der Waals surface area contributed by atoms with Crippen LogP contribution >= 0.6 is 0 Å². The molecule has 0 aliphatic carbocycles. The van der Waals surface area contributed by atoms with Gasteiger partial charge in [0.05, 0.1) is 13.2 Å². The van der Waals surface area contributed by atoms with Crippen molar-refractivity contribution in [2.45, 2.75) is 67.8 Å². The van der Waals surface area contributed by atoms with E-state index in [0.29, 0.717) is 0 Å². The van der Waals surface area contributed by atoms with Crippen LogP contribution in [0, 0.1) is 0 Å². The van der Waals surface area contributed by atoms with Crippen molar-refractivity contribution < 1.29 is 71.9 Å². The first-order valence-electron chi connectivity index (χ1n) is 8.58. The highest BCUT2D eigenvalue weighted by atomic mass is 32.3. The monoisotopic (exact) mass is 464 g/mol. The standard InChI is InChI=1S/C14H24O15S/c1-4(17)12(29-30(23,24)25)14(11(22)8(19)6(3-16)27-14)28-13-10(21)9(20)7(18)5(2-15)26-13/h5-13,15-16,18-22H,2-3H2,1H3,(H,23,24,25)/t5-,6-,7-,8-,9+,10-,11+,12?,13-,14-/m1/s1. The Morgan fingerprint density at radius 1 is 1.00 bits per heavy atom. The lowest BCUT2D eigenvalue weighted by Crippen LogP contribution is -2.65. The fraction of sp³-hybridized carbons (Fsp3) is 0.929. The molecule has 0 saturated carbocycles. The minimum absolute atomic E-state index is 0.753. The summed E-state index contributed by atoms with van der Waals surface area (Å²) in [6.07, 6.45) is -17.8. The Hall–Kier alpha value is -0.860. The largest absolute Gasteiger partial charge is 0.398 e. The maximum Gasteiger partial charge on any atom is 0.398 e. The number of ketones is 1. The van der Waals surface area contributed by atoms with Crippen molar-refractivity contribution in [2.75, 3.05) is 13.2 Å². The molecule has 30 heavy (non-hydrogen) atoms. The Bertz CT molecular complexity index is 712. The zero-order valence-corrected chi connectivity index (χ0v) is 16.3. The molecule has 10 atom stereocenters. The molecule has 2 rings (SSSR count). The topological polar surface area (TPSA) is 250 Å². The first kappa shape index (κ1) is 25.4. The van der Waals surface area contributed by atoms with Crippen molar-refractivity contribution in [2.24, 2.45) is 0 Å². The van der Waals surface area contributed by atoms with Gasteiger partial charge in [0.25, 0.3) is 0 Å². The van der Waals surface area contributed by atoms with Crippen LogP contribution in [0.1, 0.15) is 6.92 Å². The van der Waals surface area contributed by atoms with Crippen molar-refractivity contribution in [1.29, 1.82) is 0 Å². The molecular weight excluding hydrogens is 440 g/mol. The number of hydrogen-bond acceptors (Lipinski definition) is 14. The number of Topliss-reactive ketones (excluding diaryl/α,β-unsaturated/α-hetero) is 1. The lowest BCUT2D eigenvalue weighted by atomic mass is 9.96. The molecule has 0 aromatic carbocycles. The van der Waals surface area contributed by atoms with Gasteiger partial charge >= 0.3 is 10.4 Å². The van der Waals surface area contributed by atoms with Crippen molar-refractivity contribution in [3.05, 3.63) is 0 Å². The van der Waals surface area contributed by atoms with Gasteiger partial charge in [-0.2, -0.15) is 8.42 Å². The van der Waals surface area contributed by atoms with Crippen molar-refractivity contribution in [3.8, 4) is 0 Å². The minimum atomic E-state index is -5.37. The van der Waals surface area contributed by atoms with Gasteiger partial charge in [0.2, 0.25) is 5.79 Å². The fourth-order valence-corrected chi connectivity index (χ4v) is 3.74. The lowest BCUT2D eigenvalue weighted by Gasteiger charge is -2.45. The SMILES string of the molecule is CC(=O)C(OS(=O)(=O)O)[C@@]1(O[C@H]2O[C@H](CO)[C@@H](O)[C@H](O)[C@H]2O)O[C@H](CO)[C@@H](O)[C@@H]1O. The zero-order valence-electron chi connectivity index (χ0n) is 15.5. The Balaban J connectivity index is 2.50. The molecule has 0 amide bonds. The Kier molecular flexibility index (Phi) is 7.90. The molecule has 2 aliphatic heterocycles. The van der Waals surface area contributed by atoms with Gasteiger partial charge in [-0.25, -0.2) is 4.18 Å². The number of hydrogen-bond donors (Lipinski definition) is 8. The van der Waals surface area contributed by atoms with E-state index in [1.807, 2.05) is 0 Å². The van der Waals surface area contributed by atoms with E-state index in [1.165, 1.54) is 0 Å². The molecule has 2 heterocycles. The molecule has 16 heteroatoms. The molecule has 15 nitrogen and oxygen atoms in total. The third-order valence-electron chi connectivity index (χ3n) is 4.73. The first-order valence-corrected chi connectivity index (χ1v) is 9.94. The second kappa shape index (κ2) is 9.33. The number of carbonyl (C=O) groups is 1. The van der Waals surface area contributed by atoms with Gasteiger partial charge in [0.15, 0.2) is 18.2 Å². The van der Waals surface area contributed by atoms with Gasteiger partial charge in [-0.05, 0) is 6.92 Å². The summed E-state index contributed by atoms with van der Waals surface area (Å²) >= 11 is 0. The molecule has 0 spiro atoms. The van der Waals surface area contributed by atoms with E-state index in [4.69, 9.17) is 18.8 Å². The Morgan fingerprint density at radius 3 is 2.00 bits per heavy atom. The van der Waals surface area contributed by atoms with E-state index in [-0.39, 0.29) is 0 Å². The summed E-state index contributed by atoms with van der Waals surface area (Å²) in [5.74, 6) is -4.19. The van der Waals surface area contributed by atoms with E-state index in [0.717, 1.165) is 6.92 Å². The smallest absolute Gasteiger partial charge is 0.394 e. The molecule has 2 fully saturated rings. The van der Waals surface area contributed by atoms with Gasteiger partial charge in [-0.15, -0.1) is 0 Å².